The molecule has 170 valence electrons. The van der Waals surface area contributed by atoms with Gasteiger partial charge in [-0.05, 0) is 31.2 Å². The number of hydrogen-bond donors (Lipinski definition) is 2. The Morgan fingerprint density at radius 2 is 1.82 bits per heavy atom. The van der Waals surface area contributed by atoms with Crippen LogP contribution in [0.4, 0.5) is 0 Å². The molecule has 34 heavy (non-hydrogen) atoms. The number of aryl methyl sites for hydroxylation is 1. The molecule has 9 nitrogen and oxygen atoms in total. The molecule has 0 aliphatic rings. The fourth-order valence-corrected chi connectivity index (χ4v) is 4.31. The van der Waals surface area contributed by atoms with E-state index in [1.54, 1.807) is 10.6 Å². The van der Waals surface area contributed by atoms with Crippen molar-refractivity contribution in [2.24, 2.45) is 0 Å². The highest BCUT2D eigenvalue weighted by Crippen LogP contribution is 2.33. The van der Waals surface area contributed by atoms with Crippen molar-refractivity contribution in [3.63, 3.8) is 0 Å². The van der Waals surface area contributed by atoms with Crippen LogP contribution in [-0.4, -0.2) is 35.1 Å². The van der Waals surface area contributed by atoms with E-state index in [4.69, 9.17) is 16.0 Å². The van der Waals surface area contributed by atoms with E-state index in [1.165, 1.54) is 23.9 Å². The summed E-state index contributed by atoms with van der Waals surface area (Å²) in [7, 11) is 0. The number of aromatic amines is 1. The minimum atomic E-state index is -0.465. The van der Waals surface area contributed by atoms with E-state index in [0.29, 0.717) is 44.8 Å². The number of nitrogens with zero attached hydrogens (tertiary/aromatic N) is 5. The summed E-state index contributed by atoms with van der Waals surface area (Å²) in [5.41, 5.74) is 2.53. The molecule has 0 atom stereocenters. The monoisotopic (exact) mass is 492 g/mol. The molecule has 2 N–H and O–H groups in total. The minimum absolute atomic E-state index is 0.278. The number of benzene rings is 2. The van der Waals surface area contributed by atoms with Crippen LogP contribution in [0.3, 0.4) is 0 Å². The van der Waals surface area contributed by atoms with Gasteiger partial charge in [0.1, 0.15) is 0 Å². The highest BCUT2D eigenvalue weighted by atomic mass is 35.5. The predicted octanol–water partition coefficient (Wildman–Crippen LogP) is 4.63. The second-order valence-electron chi connectivity index (χ2n) is 7.37. The van der Waals surface area contributed by atoms with Crippen LogP contribution in [-0.2, 0) is 5.75 Å². The summed E-state index contributed by atoms with van der Waals surface area (Å²) < 4.78 is 7.54. The largest absolute Gasteiger partial charge is 0.494 e. The Bertz CT molecular complexity index is 1530. The zero-order valence-corrected chi connectivity index (χ0v) is 19.3. The van der Waals surface area contributed by atoms with E-state index >= 15 is 0 Å². The first kappa shape index (κ1) is 21.9. The number of nitrogens with one attached hydrogen (secondary N) is 1. The lowest BCUT2D eigenvalue weighted by atomic mass is 10.1. The van der Waals surface area contributed by atoms with Crippen LogP contribution in [0.2, 0.25) is 5.02 Å². The number of pyridine rings is 1. The number of aromatic nitrogens is 6. The quantitative estimate of drug-likeness (QED) is 0.329. The normalized spacial score (nSPS) is 11.1. The molecule has 0 aliphatic carbocycles. The standard InChI is InChI=1S/C23H17ClN6O3S/c1-13-6-8-14(9-7-13)22-28-26-20(33-22)12-34-23-29-27-21(15-10-18(31)25-19(32)11-15)30(23)17-5-3-2-4-16(17)24/h2-11H,12H2,1H3,(H2,25,31,32). The van der Waals surface area contributed by atoms with Gasteiger partial charge in [-0.2, -0.15) is 0 Å². The number of para-hydroxylation sites is 1. The van der Waals surface area contributed by atoms with Crippen molar-refractivity contribution >= 4 is 23.4 Å². The predicted molar refractivity (Wildman–Crippen MR) is 128 cm³/mol. The summed E-state index contributed by atoms with van der Waals surface area (Å²) in [5.74, 6) is 1.26. The van der Waals surface area contributed by atoms with E-state index < -0.39 is 5.56 Å². The molecule has 0 bridgehead atoms. The Hall–Kier alpha value is -3.89. The zero-order chi connectivity index (χ0) is 23.7. The van der Waals surface area contributed by atoms with Crippen LogP contribution in [0.15, 0.2) is 75.0 Å². The topological polar surface area (TPSA) is 123 Å². The second-order valence-corrected chi connectivity index (χ2v) is 8.72. The van der Waals surface area contributed by atoms with E-state index in [-0.39, 0.29) is 5.88 Å². The van der Waals surface area contributed by atoms with E-state index in [1.807, 2.05) is 49.4 Å². The van der Waals surface area contributed by atoms with Gasteiger partial charge >= 0.3 is 0 Å². The minimum Gasteiger partial charge on any atom is -0.494 e. The molecule has 2 aromatic carbocycles. The van der Waals surface area contributed by atoms with Crippen molar-refractivity contribution in [3.8, 4) is 34.4 Å². The Kier molecular flexibility index (Phi) is 5.91. The molecule has 0 unspecified atom stereocenters. The molecule has 11 heteroatoms. The van der Waals surface area contributed by atoms with Crippen LogP contribution < -0.4 is 5.56 Å². The highest BCUT2D eigenvalue weighted by Gasteiger charge is 2.20. The number of thioether (sulfide) groups is 1. The third-order valence-electron chi connectivity index (χ3n) is 4.91. The summed E-state index contributed by atoms with van der Waals surface area (Å²) in [4.78, 5) is 14.2. The number of rotatable bonds is 6. The van der Waals surface area contributed by atoms with Crippen molar-refractivity contribution in [2.45, 2.75) is 17.8 Å². The smallest absolute Gasteiger partial charge is 0.251 e. The first-order valence-electron chi connectivity index (χ1n) is 10.1. The number of halogens is 1. The van der Waals surface area contributed by atoms with Crippen LogP contribution in [0.25, 0.3) is 28.5 Å². The maximum atomic E-state index is 11.9. The van der Waals surface area contributed by atoms with E-state index in [0.717, 1.165) is 11.1 Å². The van der Waals surface area contributed by atoms with Crippen molar-refractivity contribution in [1.29, 1.82) is 0 Å². The van der Waals surface area contributed by atoms with Gasteiger partial charge in [-0.3, -0.25) is 14.3 Å². The van der Waals surface area contributed by atoms with Gasteiger partial charge in [0.2, 0.25) is 11.8 Å². The number of hydrogen-bond acceptors (Lipinski definition) is 8. The third kappa shape index (κ3) is 4.45. The third-order valence-corrected chi connectivity index (χ3v) is 6.14. The maximum Gasteiger partial charge on any atom is 0.251 e. The Balaban J connectivity index is 1.49. The van der Waals surface area contributed by atoms with Gasteiger partial charge in [0.05, 0.1) is 16.5 Å². The Morgan fingerprint density at radius 1 is 1.03 bits per heavy atom. The molecule has 0 spiro atoms. The van der Waals surface area contributed by atoms with Crippen LogP contribution in [0.1, 0.15) is 11.5 Å². The number of H-pyrrole nitrogens is 1. The first-order chi connectivity index (χ1) is 16.5. The van der Waals surface area contributed by atoms with E-state index in [2.05, 4.69) is 25.4 Å². The van der Waals surface area contributed by atoms with Gasteiger partial charge in [-0.15, -0.1) is 20.4 Å². The zero-order valence-electron chi connectivity index (χ0n) is 17.8. The summed E-state index contributed by atoms with van der Waals surface area (Å²) in [6, 6.07) is 17.8. The fraction of sp³-hybridized carbons (Fsp3) is 0.0870. The molecule has 0 aliphatic heterocycles. The molecule has 3 heterocycles. The van der Waals surface area contributed by atoms with Gasteiger partial charge < -0.3 is 9.52 Å². The molecule has 5 aromatic rings. The van der Waals surface area contributed by atoms with Crippen LogP contribution in [0.5, 0.6) is 5.88 Å². The van der Waals surface area contributed by atoms with Crippen molar-refractivity contribution < 1.29 is 9.52 Å². The molecule has 3 aromatic heterocycles. The van der Waals surface area contributed by atoms with Gasteiger partial charge in [-0.1, -0.05) is 53.2 Å². The molecule has 0 amide bonds. The van der Waals surface area contributed by atoms with Crippen LogP contribution in [0, 0.1) is 6.92 Å². The van der Waals surface area contributed by atoms with Gasteiger partial charge in [0.25, 0.3) is 5.56 Å². The molecule has 5 rings (SSSR count). The fourth-order valence-electron chi connectivity index (χ4n) is 3.31. The summed E-state index contributed by atoms with van der Waals surface area (Å²) in [6.45, 7) is 2.01. The SMILES string of the molecule is Cc1ccc(-c2nnc(CSc3nnc(-c4cc(O)[nH]c(=O)c4)n3-c3ccccc3Cl)o2)cc1. The van der Waals surface area contributed by atoms with E-state index in [9.17, 15) is 9.90 Å². The Morgan fingerprint density at radius 3 is 2.59 bits per heavy atom. The summed E-state index contributed by atoms with van der Waals surface area (Å²) in [6.07, 6.45) is 0. The summed E-state index contributed by atoms with van der Waals surface area (Å²) in [5, 5.41) is 27.7. The molecule has 0 saturated heterocycles. The average Bonchev–Trinajstić information content (AvgIpc) is 3.45. The van der Waals surface area contributed by atoms with Crippen molar-refractivity contribution in [3.05, 3.63) is 87.5 Å². The van der Waals surface area contributed by atoms with Crippen molar-refractivity contribution in [2.75, 3.05) is 0 Å². The molecule has 0 saturated carbocycles. The molecule has 0 fully saturated rings. The molecular weight excluding hydrogens is 476 g/mol. The lowest BCUT2D eigenvalue weighted by molar-refractivity contribution is 0.452. The maximum absolute atomic E-state index is 11.9. The van der Waals surface area contributed by atoms with Gasteiger partial charge in [0.15, 0.2) is 16.9 Å². The lowest BCUT2D eigenvalue weighted by Gasteiger charge is -2.11. The molecular formula is C23H17ClN6O3S. The van der Waals surface area contributed by atoms with Crippen LogP contribution >= 0.6 is 23.4 Å². The van der Waals surface area contributed by atoms with Crippen molar-refractivity contribution in [1.82, 2.24) is 29.9 Å². The first-order valence-corrected chi connectivity index (χ1v) is 11.5. The lowest BCUT2D eigenvalue weighted by Crippen LogP contribution is -2.06. The summed E-state index contributed by atoms with van der Waals surface area (Å²) >= 11 is 7.79. The molecule has 0 radical (unpaired) electrons. The highest BCUT2D eigenvalue weighted by molar-refractivity contribution is 7.98. The number of aromatic hydroxyl groups is 1. The second kappa shape index (κ2) is 9.16. The van der Waals surface area contributed by atoms with Gasteiger partial charge in [0, 0.05) is 23.3 Å². The van der Waals surface area contributed by atoms with Gasteiger partial charge in [-0.25, -0.2) is 0 Å². The Labute approximate surface area is 202 Å². The average molecular weight is 493 g/mol.